The summed E-state index contributed by atoms with van der Waals surface area (Å²) < 4.78 is 1.79. The number of carbonyl (C=O) groups excluding carboxylic acids is 2. The summed E-state index contributed by atoms with van der Waals surface area (Å²) >= 11 is 2.86. The molecule has 9 heteroatoms. The number of thioether (sulfide) groups is 1. The molecule has 0 aliphatic rings. The van der Waals surface area contributed by atoms with E-state index in [2.05, 4.69) is 20.8 Å². The topological polar surface area (TPSA) is 88.9 Å². The average molecular weight is 387 g/mol. The summed E-state index contributed by atoms with van der Waals surface area (Å²) in [6, 6.07) is 13.1. The van der Waals surface area contributed by atoms with Gasteiger partial charge in [0.1, 0.15) is 6.33 Å². The monoisotopic (exact) mass is 387 g/mol. The zero-order chi connectivity index (χ0) is 18.2. The molecule has 134 valence electrons. The van der Waals surface area contributed by atoms with E-state index in [9.17, 15) is 9.59 Å². The summed E-state index contributed by atoms with van der Waals surface area (Å²) in [5.74, 6) is -0.310. The molecule has 3 aromatic rings. The molecule has 7 nitrogen and oxygen atoms in total. The summed E-state index contributed by atoms with van der Waals surface area (Å²) in [6.45, 7) is 0.481. The second-order valence-electron chi connectivity index (χ2n) is 5.24. The number of hydrogen-bond donors (Lipinski definition) is 2. The maximum absolute atomic E-state index is 11.9. The largest absolute Gasteiger partial charge is 0.337 e. The highest BCUT2D eigenvalue weighted by Crippen LogP contribution is 2.18. The fourth-order valence-electron chi connectivity index (χ4n) is 2.18. The Morgan fingerprint density at radius 3 is 2.77 bits per heavy atom. The van der Waals surface area contributed by atoms with Crippen molar-refractivity contribution >= 4 is 35.0 Å². The van der Waals surface area contributed by atoms with Crippen LogP contribution in [0.2, 0.25) is 0 Å². The van der Waals surface area contributed by atoms with Crippen molar-refractivity contribution in [1.82, 2.24) is 25.4 Å². The number of rotatable bonds is 7. The Hall–Kier alpha value is -2.65. The third kappa shape index (κ3) is 5.17. The molecule has 2 heterocycles. The molecule has 0 fully saturated rings. The van der Waals surface area contributed by atoms with Crippen LogP contribution in [0.5, 0.6) is 0 Å². The first-order valence-corrected chi connectivity index (χ1v) is 9.77. The molecule has 0 bridgehead atoms. The van der Waals surface area contributed by atoms with Gasteiger partial charge in [-0.05, 0) is 30.0 Å². The van der Waals surface area contributed by atoms with E-state index in [1.807, 2.05) is 47.8 Å². The number of hydrogen-bond acceptors (Lipinski definition) is 6. The molecule has 0 aliphatic carbocycles. The molecule has 1 aromatic carbocycles. The average Bonchev–Trinajstić information content (AvgIpc) is 3.32. The van der Waals surface area contributed by atoms with Gasteiger partial charge in [-0.3, -0.25) is 14.7 Å². The lowest BCUT2D eigenvalue weighted by molar-refractivity contribution is -0.117. The van der Waals surface area contributed by atoms with Gasteiger partial charge in [-0.15, -0.1) is 21.5 Å². The fourth-order valence-corrected chi connectivity index (χ4v) is 3.62. The van der Waals surface area contributed by atoms with Gasteiger partial charge in [-0.1, -0.05) is 36.0 Å². The van der Waals surface area contributed by atoms with Crippen LogP contribution in [0.25, 0.3) is 5.69 Å². The molecule has 0 radical (unpaired) electrons. The molecule has 0 aliphatic heterocycles. The van der Waals surface area contributed by atoms with Crippen molar-refractivity contribution < 1.29 is 9.59 Å². The van der Waals surface area contributed by atoms with Gasteiger partial charge < -0.3 is 5.32 Å². The molecule has 3 amide bonds. The summed E-state index contributed by atoms with van der Waals surface area (Å²) in [5.41, 5.74) is 0.909. The lowest BCUT2D eigenvalue weighted by Crippen LogP contribution is -2.41. The van der Waals surface area contributed by atoms with Crippen LogP contribution in [-0.4, -0.2) is 39.0 Å². The van der Waals surface area contributed by atoms with Gasteiger partial charge in [-0.2, -0.15) is 0 Å². The minimum atomic E-state index is -0.489. The predicted octanol–water partition coefficient (Wildman–Crippen LogP) is 2.49. The first-order chi connectivity index (χ1) is 12.7. The predicted molar refractivity (Wildman–Crippen MR) is 102 cm³/mol. The van der Waals surface area contributed by atoms with Gasteiger partial charge in [0, 0.05) is 17.1 Å². The van der Waals surface area contributed by atoms with Crippen molar-refractivity contribution in [2.24, 2.45) is 0 Å². The van der Waals surface area contributed by atoms with E-state index in [4.69, 9.17) is 0 Å². The number of urea groups is 1. The standard InChI is InChI=1S/C17H17N5O2S2/c23-15(20-16(24)18-9-8-14-7-4-10-25-14)11-26-17-21-19-12-22(17)13-5-2-1-3-6-13/h1-7,10,12H,8-9,11H2,(H2,18,20,23,24). The first kappa shape index (κ1) is 18.2. The lowest BCUT2D eigenvalue weighted by Gasteiger charge is -2.07. The molecular formula is C17H17N5O2S2. The summed E-state index contributed by atoms with van der Waals surface area (Å²) in [4.78, 5) is 24.9. The normalized spacial score (nSPS) is 10.5. The molecule has 2 N–H and O–H groups in total. The number of benzene rings is 1. The summed E-state index contributed by atoms with van der Waals surface area (Å²) in [6.07, 6.45) is 2.33. The molecule has 2 aromatic heterocycles. The Morgan fingerprint density at radius 2 is 2.00 bits per heavy atom. The van der Waals surface area contributed by atoms with Crippen molar-refractivity contribution in [1.29, 1.82) is 0 Å². The van der Waals surface area contributed by atoms with E-state index >= 15 is 0 Å². The van der Waals surface area contributed by atoms with Crippen molar-refractivity contribution in [3.8, 4) is 5.69 Å². The number of aromatic nitrogens is 3. The molecule has 0 unspecified atom stereocenters. The molecule has 0 saturated heterocycles. The quantitative estimate of drug-likeness (QED) is 0.608. The second-order valence-corrected chi connectivity index (χ2v) is 7.22. The number of amides is 3. The van der Waals surface area contributed by atoms with Gasteiger partial charge in [0.15, 0.2) is 5.16 Å². The van der Waals surface area contributed by atoms with Gasteiger partial charge in [0.25, 0.3) is 0 Å². The second kappa shape index (κ2) is 9.16. The van der Waals surface area contributed by atoms with Gasteiger partial charge in [-0.25, -0.2) is 4.79 Å². The van der Waals surface area contributed by atoms with Crippen LogP contribution in [0.4, 0.5) is 4.79 Å². The fraction of sp³-hybridized carbons (Fsp3) is 0.176. The Morgan fingerprint density at radius 1 is 1.15 bits per heavy atom. The van der Waals surface area contributed by atoms with Gasteiger partial charge >= 0.3 is 6.03 Å². The highest BCUT2D eigenvalue weighted by molar-refractivity contribution is 7.99. The van der Waals surface area contributed by atoms with E-state index < -0.39 is 6.03 Å². The Labute approximate surface area is 158 Å². The van der Waals surface area contributed by atoms with Crippen molar-refractivity contribution in [3.63, 3.8) is 0 Å². The van der Waals surface area contributed by atoms with Crippen LogP contribution in [0, 0.1) is 0 Å². The van der Waals surface area contributed by atoms with E-state index in [1.165, 1.54) is 16.6 Å². The van der Waals surface area contributed by atoms with Crippen molar-refractivity contribution in [3.05, 3.63) is 59.0 Å². The SMILES string of the molecule is O=C(CSc1nncn1-c1ccccc1)NC(=O)NCCc1cccs1. The minimum Gasteiger partial charge on any atom is -0.337 e. The molecule has 26 heavy (non-hydrogen) atoms. The molecule has 0 atom stereocenters. The number of para-hydroxylation sites is 1. The third-order valence-electron chi connectivity index (χ3n) is 3.37. The number of carbonyl (C=O) groups is 2. The van der Waals surface area contributed by atoms with E-state index in [0.717, 1.165) is 12.1 Å². The van der Waals surface area contributed by atoms with Gasteiger partial charge in [0.2, 0.25) is 5.91 Å². The first-order valence-electron chi connectivity index (χ1n) is 7.90. The maximum Gasteiger partial charge on any atom is 0.321 e. The zero-order valence-corrected chi connectivity index (χ0v) is 15.4. The number of thiophene rings is 1. The van der Waals surface area contributed by atoms with E-state index in [1.54, 1.807) is 22.2 Å². The maximum atomic E-state index is 11.9. The number of nitrogens with zero attached hydrogens (tertiary/aromatic N) is 3. The minimum absolute atomic E-state index is 0.0733. The highest BCUT2D eigenvalue weighted by atomic mass is 32.2. The number of imide groups is 1. The van der Waals surface area contributed by atoms with Crippen LogP contribution in [-0.2, 0) is 11.2 Å². The van der Waals surface area contributed by atoms with E-state index in [0.29, 0.717) is 11.7 Å². The summed E-state index contributed by atoms with van der Waals surface area (Å²) in [5, 5.41) is 15.5. The molecule has 0 spiro atoms. The van der Waals surface area contributed by atoms with Crippen LogP contribution in [0.1, 0.15) is 4.88 Å². The zero-order valence-electron chi connectivity index (χ0n) is 13.8. The smallest absolute Gasteiger partial charge is 0.321 e. The Kier molecular flexibility index (Phi) is 6.39. The van der Waals surface area contributed by atoms with Crippen LogP contribution >= 0.6 is 23.1 Å². The van der Waals surface area contributed by atoms with Gasteiger partial charge in [0.05, 0.1) is 5.75 Å². The van der Waals surface area contributed by atoms with Crippen LogP contribution in [0.3, 0.4) is 0 Å². The molecule has 3 rings (SSSR count). The Bertz CT molecular complexity index is 849. The van der Waals surface area contributed by atoms with Crippen LogP contribution in [0.15, 0.2) is 59.3 Å². The molecule has 0 saturated carbocycles. The third-order valence-corrected chi connectivity index (χ3v) is 5.25. The van der Waals surface area contributed by atoms with Crippen molar-refractivity contribution in [2.75, 3.05) is 12.3 Å². The van der Waals surface area contributed by atoms with Crippen LogP contribution < -0.4 is 10.6 Å². The highest BCUT2D eigenvalue weighted by Gasteiger charge is 2.12. The number of nitrogens with one attached hydrogen (secondary N) is 2. The lowest BCUT2D eigenvalue weighted by atomic mass is 10.3. The van der Waals surface area contributed by atoms with Crippen molar-refractivity contribution in [2.45, 2.75) is 11.6 Å². The van der Waals surface area contributed by atoms with E-state index in [-0.39, 0.29) is 11.7 Å². The summed E-state index contributed by atoms with van der Waals surface area (Å²) in [7, 11) is 0. The Balaban J connectivity index is 1.43. The molecular weight excluding hydrogens is 370 g/mol.